The second kappa shape index (κ2) is 4.50. The first kappa shape index (κ1) is 12.4. The van der Waals surface area contributed by atoms with Crippen molar-refractivity contribution < 1.29 is 13.2 Å². The summed E-state index contributed by atoms with van der Waals surface area (Å²) >= 11 is 0. The summed E-state index contributed by atoms with van der Waals surface area (Å²) in [5, 5.41) is 2.74. The topological polar surface area (TPSA) is 69.7 Å². The number of sulfonamides is 1. The van der Waals surface area contributed by atoms with Gasteiger partial charge in [-0.25, -0.2) is 13.2 Å². The van der Waals surface area contributed by atoms with Gasteiger partial charge in [-0.1, -0.05) is 18.2 Å². The Kier molecular flexibility index (Phi) is 2.94. The molecule has 0 aromatic heterocycles. The summed E-state index contributed by atoms with van der Waals surface area (Å²) in [6.45, 7) is 1.67. The lowest BCUT2D eigenvalue weighted by Gasteiger charge is -2.35. The molecule has 0 bridgehead atoms. The van der Waals surface area contributed by atoms with Crippen LogP contribution < -0.4 is 5.32 Å². The minimum Gasteiger partial charge on any atom is -0.336 e. The fourth-order valence-corrected chi connectivity index (χ4v) is 4.02. The van der Waals surface area contributed by atoms with Gasteiger partial charge in [-0.05, 0) is 12.1 Å². The van der Waals surface area contributed by atoms with E-state index in [4.69, 9.17) is 0 Å². The Labute approximate surface area is 112 Å². The Morgan fingerprint density at radius 2 is 1.89 bits per heavy atom. The average Bonchev–Trinajstić information content (AvgIpc) is 2.81. The van der Waals surface area contributed by atoms with E-state index in [1.807, 2.05) is 0 Å². The smallest absolute Gasteiger partial charge is 0.317 e. The van der Waals surface area contributed by atoms with Crippen LogP contribution in [0.2, 0.25) is 0 Å². The van der Waals surface area contributed by atoms with E-state index >= 15 is 0 Å². The molecule has 0 unspecified atom stereocenters. The van der Waals surface area contributed by atoms with Crippen LogP contribution >= 0.6 is 0 Å². The van der Waals surface area contributed by atoms with Crippen LogP contribution in [-0.4, -0.2) is 55.9 Å². The zero-order chi connectivity index (χ0) is 13.5. The first-order chi connectivity index (χ1) is 9.09. The Balaban J connectivity index is 1.83. The minimum atomic E-state index is -3.45. The van der Waals surface area contributed by atoms with E-state index in [1.54, 1.807) is 35.2 Å². The molecule has 6 nitrogen and oxygen atoms in total. The number of piperazine rings is 1. The molecule has 2 heterocycles. The van der Waals surface area contributed by atoms with Crippen LogP contribution in [0.25, 0.3) is 0 Å². The third-order valence-corrected chi connectivity index (χ3v) is 5.46. The second-order valence-electron chi connectivity index (χ2n) is 4.71. The maximum Gasteiger partial charge on any atom is 0.317 e. The van der Waals surface area contributed by atoms with Gasteiger partial charge in [0, 0.05) is 26.2 Å². The highest BCUT2D eigenvalue weighted by Gasteiger charge is 2.39. The largest absolute Gasteiger partial charge is 0.336 e. The maximum atomic E-state index is 12.5. The predicted molar refractivity (Wildman–Crippen MR) is 69.1 cm³/mol. The van der Waals surface area contributed by atoms with Crippen LogP contribution in [0.5, 0.6) is 0 Å². The van der Waals surface area contributed by atoms with Crippen molar-refractivity contribution in [2.75, 3.05) is 26.2 Å². The number of nitrogens with one attached hydrogen (secondary N) is 1. The summed E-state index contributed by atoms with van der Waals surface area (Å²) in [5.41, 5.74) is 0. The standard InChI is InChI=1S/C12H15N3O3S/c16-12-13-8-10-9-14(6-7-15(10)12)19(17,18)11-4-2-1-3-5-11/h1-5,10H,6-9H2,(H,13,16)/t10-/m0/s1. The lowest BCUT2D eigenvalue weighted by atomic mass is 10.2. The number of carbonyl (C=O) groups is 1. The number of fused-ring (bicyclic) bond motifs is 1. The number of carbonyl (C=O) groups excluding carboxylic acids is 1. The van der Waals surface area contributed by atoms with Crippen molar-refractivity contribution in [2.24, 2.45) is 0 Å². The number of nitrogens with zero attached hydrogens (tertiary/aromatic N) is 2. The van der Waals surface area contributed by atoms with E-state index in [9.17, 15) is 13.2 Å². The van der Waals surface area contributed by atoms with E-state index in [1.165, 1.54) is 4.31 Å². The van der Waals surface area contributed by atoms with Crippen molar-refractivity contribution in [3.63, 3.8) is 0 Å². The van der Waals surface area contributed by atoms with Gasteiger partial charge >= 0.3 is 6.03 Å². The van der Waals surface area contributed by atoms with E-state index in [0.29, 0.717) is 31.1 Å². The van der Waals surface area contributed by atoms with Gasteiger partial charge < -0.3 is 10.2 Å². The van der Waals surface area contributed by atoms with Gasteiger partial charge in [-0.3, -0.25) is 0 Å². The zero-order valence-corrected chi connectivity index (χ0v) is 11.1. The number of hydrogen-bond acceptors (Lipinski definition) is 3. The van der Waals surface area contributed by atoms with E-state index in [2.05, 4.69) is 5.32 Å². The van der Waals surface area contributed by atoms with E-state index in [-0.39, 0.29) is 12.1 Å². The molecule has 2 amide bonds. The fraction of sp³-hybridized carbons (Fsp3) is 0.417. The highest BCUT2D eigenvalue weighted by atomic mass is 32.2. The Morgan fingerprint density at radius 3 is 2.63 bits per heavy atom. The quantitative estimate of drug-likeness (QED) is 0.835. The lowest BCUT2D eigenvalue weighted by molar-refractivity contribution is 0.164. The molecular weight excluding hydrogens is 266 g/mol. The molecule has 1 aromatic rings. The van der Waals surface area contributed by atoms with Crippen molar-refractivity contribution in [1.82, 2.24) is 14.5 Å². The Hall–Kier alpha value is -1.60. The number of benzene rings is 1. The molecular formula is C12H15N3O3S. The first-order valence-electron chi connectivity index (χ1n) is 6.19. The second-order valence-corrected chi connectivity index (χ2v) is 6.65. The highest BCUT2D eigenvalue weighted by molar-refractivity contribution is 7.89. The minimum absolute atomic E-state index is 0.0558. The molecule has 19 heavy (non-hydrogen) atoms. The summed E-state index contributed by atoms with van der Waals surface area (Å²) in [7, 11) is -3.45. The number of rotatable bonds is 2. The fourth-order valence-electron chi connectivity index (χ4n) is 2.54. The van der Waals surface area contributed by atoms with Crippen molar-refractivity contribution in [3.8, 4) is 0 Å². The number of urea groups is 1. The third-order valence-electron chi connectivity index (χ3n) is 3.58. The molecule has 2 saturated heterocycles. The normalized spacial score (nSPS) is 24.1. The molecule has 0 radical (unpaired) electrons. The van der Waals surface area contributed by atoms with Crippen LogP contribution in [0.3, 0.4) is 0 Å². The lowest BCUT2D eigenvalue weighted by Crippen LogP contribution is -2.53. The van der Waals surface area contributed by atoms with Gasteiger partial charge in [0.15, 0.2) is 0 Å². The van der Waals surface area contributed by atoms with Crippen LogP contribution in [0.1, 0.15) is 0 Å². The molecule has 0 aliphatic carbocycles. The van der Waals surface area contributed by atoms with Gasteiger partial charge in [0.1, 0.15) is 0 Å². The van der Waals surface area contributed by atoms with Crippen LogP contribution in [0, 0.1) is 0 Å². The zero-order valence-electron chi connectivity index (χ0n) is 10.3. The van der Waals surface area contributed by atoms with E-state index in [0.717, 1.165) is 0 Å². The average molecular weight is 281 g/mol. The molecule has 0 saturated carbocycles. The molecule has 2 fully saturated rings. The summed E-state index contributed by atoms with van der Waals surface area (Å²) in [6.07, 6.45) is 0. The summed E-state index contributed by atoms with van der Waals surface area (Å²) in [4.78, 5) is 13.5. The van der Waals surface area contributed by atoms with Gasteiger partial charge in [-0.15, -0.1) is 0 Å². The Morgan fingerprint density at radius 1 is 1.16 bits per heavy atom. The molecule has 1 N–H and O–H groups in total. The molecule has 0 spiro atoms. The third kappa shape index (κ3) is 2.08. The molecule has 1 atom stereocenters. The van der Waals surface area contributed by atoms with Gasteiger partial charge in [0.25, 0.3) is 0 Å². The van der Waals surface area contributed by atoms with Crippen LogP contribution in [-0.2, 0) is 10.0 Å². The molecule has 7 heteroatoms. The van der Waals surface area contributed by atoms with Gasteiger partial charge in [0.05, 0.1) is 10.9 Å². The molecule has 1 aromatic carbocycles. The number of hydrogen-bond donors (Lipinski definition) is 1. The molecule has 3 rings (SSSR count). The van der Waals surface area contributed by atoms with E-state index < -0.39 is 10.0 Å². The van der Waals surface area contributed by atoms with Gasteiger partial charge in [0.2, 0.25) is 10.0 Å². The SMILES string of the molecule is O=C1NC[C@H]2CN(S(=O)(=O)c3ccccc3)CCN12. The maximum absolute atomic E-state index is 12.5. The Bertz CT molecular complexity index is 587. The first-order valence-corrected chi connectivity index (χ1v) is 7.63. The van der Waals surface area contributed by atoms with Gasteiger partial charge in [-0.2, -0.15) is 4.31 Å². The molecule has 2 aliphatic heterocycles. The summed E-state index contributed by atoms with van der Waals surface area (Å²) < 4.78 is 26.4. The summed E-state index contributed by atoms with van der Waals surface area (Å²) in [5.74, 6) is 0. The van der Waals surface area contributed by atoms with Crippen molar-refractivity contribution in [3.05, 3.63) is 30.3 Å². The van der Waals surface area contributed by atoms with Crippen molar-refractivity contribution in [1.29, 1.82) is 0 Å². The van der Waals surface area contributed by atoms with Crippen LogP contribution in [0.4, 0.5) is 4.79 Å². The predicted octanol–water partition coefficient (Wildman–Crippen LogP) is 0.0847. The van der Waals surface area contributed by atoms with Crippen molar-refractivity contribution >= 4 is 16.1 Å². The molecule has 102 valence electrons. The van der Waals surface area contributed by atoms with Crippen molar-refractivity contribution in [2.45, 2.75) is 10.9 Å². The summed E-state index contributed by atoms with van der Waals surface area (Å²) in [6, 6.07) is 8.25. The number of amides is 2. The van der Waals surface area contributed by atoms with Crippen LogP contribution in [0.15, 0.2) is 35.2 Å². The molecule has 2 aliphatic rings. The monoisotopic (exact) mass is 281 g/mol. The highest BCUT2D eigenvalue weighted by Crippen LogP contribution is 2.21.